The molecule has 0 aromatic rings. The van der Waals surface area contributed by atoms with Crippen LogP contribution in [-0.2, 0) is 14.4 Å². The SMILES string of the molecule is [2H]C([2H])([2H])C(=O)N[C@@H](CSC(C)CC(=O)O)C(=O)O. The van der Waals surface area contributed by atoms with Gasteiger partial charge in [-0.05, 0) is 0 Å². The molecule has 0 saturated carbocycles. The van der Waals surface area contributed by atoms with Gasteiger partial charge in [0.1, 0.15) is 6.04 Å². The van der Waals surface area contributed by atoms with Crippen LogP contribution in [0.1, 0.15) is 24.3 Å². The normalized spacial score (nSPS) is 17.4. The Hall–Kier alpha value is -1.24. The highest BCUT2D eigenvalue weighted by Gasteiger charge is 2.20. The highest BCUT2D eigenvalue weighted by Crippen LogP contribution is 2.15. The maximum atomic E-state index is 11.2. The monoisotopic (exact) mass is 252 g/mol. The zero-order chi connectivity index (χ0) is 15.2. The molecule has 0 heterocycles. The molecule has 0 fully saturated rings. The number of carbonyl (C=O) groups excluding carboxylic acids is 1. The summed E-state index contributed by atoms with van der Waals surface area (Å²) in [5.41, 5.74) is 0. The van der Waals surface area contributed by atoms with Gasteiger partial charge in [0.15, 0.2) is 0 Å². The molecule has 0 bridgehead atoms. The van der Waals surface area contributed by atoms with E-state index in [1.807, 2.05) is 5.32 Å². The van der Waals surface area contributed by atoms with Crippen molar-refractivity contribution < 1.29 is 28.7 Å². The van der Waals surface area contributed by atoms with Crippen molar-refractivity contribution in [3.63, 3.8) is 0 Å². The first-order chi connectivity index (χ1) is 8.54. The van der Waals surface area contributed by atoms with Gasteiger partial charge >= 0.3 is 11.9 Å². The molecular weight excluding hydrogens is 234 g/mol. The van der Waals surface area contributed by atoms with Gasteiger partial charge in [-0.15, -0.1) is 0 Å². The minimum Gasteiger partial charge on any atom is -0.481 e. The topological polar surface area (TPSA) is 104 Å². The number of aliphatic carboxylic acids is 2. The van der Waals surface area contributed by atoms with E-state index >= 15 is 0 Å². The van der Waals surface area contributed by atoms with Crippen molar-refractivity contribution in [3.05, 3.63) is 0 Å². The second-order valence-corrected chi connectivity index (χ2v) is 4.58. The number of thioether (sulfide) groups is 1. The highest BCUT2D eigenvalue weighted by molar-refractivity contribution is 7.99. The molecule has 7 heteroatoms. The van der Waals surface area contributed by atoms with E-state index in [1.165, 1.54) is 0 Å². The largest absolute Gasteiger partial charge is 0.481 e. The van der Waals surface area contributed by atoms with Gasteiger partial charge in [-0.25, -0.2) is 4.79 Å². The van der Waals surface area contributed by atoms with Crippen molar-refractivity contribution in [2.45, 2.75) is 31.5 Å². The predicted molar refractivity (Wildman–Crippen MR) is 59.4 cm³/mol. The average molecular weight is 252 g/mol. The third-order valence-electron chi connectivity index (χ3n) is 1.61. The standard InChI is InChI=1S/C9H15NO5S/c1-5(3-8(12)13)16-4-7(9(14)15)10-6(2)11/h5,7H,3-4H2,1-2H3,(H,10,11)(H,12,13)(H,14,15)/t5?,7-/m0/s1/i2D3. The summed E-state index contributed by atoms with van der Waals surface area (Å²) in [6.07, 6.45) is -0.149. The first-order valence-electron chi connectivity index (χ1n) is 5.91. The van der Waals surface area contributed by atoms with Crippen LogP contribution in [0.4, 0.5) is 0 Å². The van der Waals surface area contributed by atoms with Crippen molar-refractivity contribution in [3.8, 4) is 0 Å². The molecule has 1 amide bonds. The Bertz CT molecular complexity index is 360. The molecular formula is C9H15NO5S. The Morgan fingerprint density at radius 1 is 1.44 bits per heavy atom. The van der Waals surface area contributed by atoms with Crippen molar-refractivity contribution in [2.24, 2.45) is 0 Å². The van der Waals surface area contributed by atoms with Crippen LogP contribution in [0.25, 0.3) is 0 Å². The molecule has 2 atom stereocenters. The molecule has 3 N–H and O–H groups in total. The second kappa shape index (κ2) is 7.10. The van der Waals surface area contributed by atoms with Crippen LogP contribution in [0.5, 0.6) is 0 Å². The molecule has 0 spiro atoms. The maximum Gasteiger partial charge on any atom is 0.327 e. The molecule has 1 unspecified atom stereocenters. The predicted octanol–water partition coefficient (Wildman–Crippen LogP) is 0.172. The minimum absolute atomic E-state index is 0.106. The molecule has 16 heavy (non-hydrogen) atoms. The number of carboxylic acids is 2. The van der Waals surface area contributed by atoms with Crippen LogP contribution in [0.3, 0.4) is 0 Å². The van der Waals surface area contributed by atoms with E-state index < -0.39 is 30.7 Å². The van der Waals surface area contributed by atoms with E-state index in [1.54, 1.807) is 6.92 Å². The molecule has 6 nitrogen and oxygen atoms in total. The lowest BCUT2D eigenvalue weighted by molar-refractivity contribution is -0.140. The van der Waals surface area contributed by atoms with Crippen LogP contribution >= 0.6 is 11.8 Å². The van der Waals surface area contributed by atoms with Crippen LogP contribution in [0.15, 0.2) is 0 Å². The number of rotatable bonds is 7. The van der Waals surface area contributed by atoms with E-state index in [0.717, 1.165) is 11.8 Å². The second-order valence-electron chi connectivity index (χ2n) is 3.11. The van der Waals surface area contributed by atoms with E-state index in [-0.39, 0.29) is 17.4 Å². The van der Waals surface area contributed by atoms with Gasteiger partial charge in [0.05, 0.1) is 6.42 Å². The third kappa shape index (κ3) is 7.10. The Morgan fingerprint density at radius 2 is 2.06 bits per heavy atom. The minimum atomic E-state index is -2.91. The van der Waals surface area contributed by atoms with E-state index in [4.69, 9.17) is 14.3 Å². The van der Waals surface area contributed by atoms with Gasteiger partial charge in [0.2, 0.25) is 5.91 Å². The van der Waals surface area contributed by atoms with Crippen molar-refractivity contribution >= 4 is 29.6 Å². The fourth-order valence-electron chi connectivity index (χ4n) is 0.898. The van der Waals surface area contributed by atoms with Crippen molar-refractivity contribution in [1.29, 1.82) is 0 Å². The van der Waals surface area contributed by atoms with Gasteiger partial charge in [0.25, 0.3) is 0 Å². The van der Waals surface area contributed by atoms with Crippen LogP contribution < -0.4 is 5.32 Å². The number of hydrogen-bond acceptors (Lipinski definition) is 4. The van der Waals surface area contributed by atoms with Crippen molar-refractivity contribution in [2.75, 3.05) is 5.75 Å². The first kappa shape index (κ1) is 9.95. The fraction of sp³-hybridized carbons (Fsp3) is 0.667. The van der Waals surface area contributed by atoms with Gasteiger partial charge in [0, 0.05) is 22.0 Å². The molecule has 0 aromatic carbocycles. The molecule has 0 radical (unpaired) electrons. The van der Waals surface area contributed by atoms with Gasteiger partial charge in [-0.2, -0.15) is 11.8 Å². The summed E-state index contributed by atoms with van der Waals surface area (Å²) in [5.74, 6) is -3.83. The van der Waals surface area contributed by atoms with Gasteiger partial charge < -0.3 is 15.5 Å². The zero-order valence-electron chi connectivity index (χ0n) is 11.6. The number of carboxylic acid groups (broad SMARTS) is 2. The number of hydrogen-bond donors (Lipinski definition) is 3. The Balaban J connectivity index is 4.40. The van der Waals surface area contributed by atoms with Crippen LogP contribution in [0.2, 0.25) is 0 Å². The molecule has 0 aliphatic rings. The lowest BCUT2D eigenvalue weighted by Crippen LogP contribution is -2.41. The molecule has 0 aliphatic carbocycles. The van der Waals surface area contributed by atoms with Crippen LogP contribution in [0, 0.1) is 0 Å². The van der Waals surface area contributed by atoms with E-state index in [2.05, 4.69) is 0 Å². The maximum absolute atomic E-state index is 11.2. The average Bonchev–Trinajstić information content (AvgIpc) is 2.20. The molecule has 92 valence electrons. The molecule has 0 saturated heterocycles. The summed E-state index contributed by atoms with van der Waals surface area (Å²) in [7, 11) is 0. The number of amides is 1. The zero-order valence-corrected chi connectivity index (χ0v) is 9.41. The quantitative estimate of drug-likeness (QED) is 0.597. The lowest BCUT2D eigenvalue weighted by atomic mass is 10.3. The number of nitrogens with one attached hydrogen (secondary N) is 1. The molecule has 0 aromatic heterocycles. The summed E-state index contributed by atoms with van der Waals surface area (Å²) in [6, 6.07) is -1.37. The summed E-state index contributed by atoms with van der Waals surface area (Å²) in [4.78, 5) is 32.5. The molecule has 0 rings (SSSR count). The van der Waals surface area contributed by atoms with E-state index in [0.29, 0.717) is 0 Å². The Kier molecular flexibility index (Phi) is 4.42. The third-order valence-corrected chi connectivity index (χ3v) is 2.87. The number of carbonyl (C=O) groups is 3. The summed E-state index contributed by atoms with van der Waals surface area (Å²) in [5, 5.41) is 18.9. The molecule has 0 aliphatic heterocycles. The summed E-state index contributed by atoms with van der Waals surface area (Å²) < 4.78 is 20.5. The fourth-order valence-corrected chi connectivity index (χ4v) is 1.91. The van der Waals surface area contributed by atoms with E-state index in [9.17, 15) is 14.4 Å². The van der Waals surface area contributed by atoms with Gasteiger partial charge in [-0.3, -0.25) is 9.59 Å². The first-order valence-corrected chi connectivity index (χ1v) is 5.46. The van der Waals surface area contributed by atoms with Crippen LogP contribution in [-0.4, -0.2) is 45.1 Å². The lowest BCUT2D eigenvalue weighted by Gasteiger charge is -2.15. The smallest absolute Gasteiger partial charge is 0.327 e. The van der Waals surface area contributed by atoms with Crippen molar-refractivity contribution in [1.82, 2.24) is 5.32 Å². The summed E-state index contributed by atoms with van der Waals surface area (Å²) in [6.45, 7) is -1.31. The highest BCUT2D eigenvalue weighted by atomic mass is 32.2. The summed E-state index contributed by atoms with van der Waals surface area (Å²) >= 11 is 1.03. The van der Waals surface area contributed by atoms with Gasteiger partial charge in [-0.1, -0.05) is 6.92 Å². The Labute approximate surface area is 102 Å². The Morgan fingerprint density at radius 3 is 2.50 bits per heavy atom.